The average molecular weight is 263 g/mol. The molecule has 0 radical (unpaired) electrons. The number of para-hydroxylation sites is 1. The van der Waals surface area contributed by atoms with E-state index in [2.05, 4.69) is 5.32 Å². The Labute approximate surface area is 111 Å². The lowest BCUT2D eigenvalue weighted by molar-refractivity contribution is -0.117. The third-order valence-electron chi connectivity index (χ3n) is 3.08. The van der Waals surface area contributed by atoms with E-state index in [4.69, 9.17) is 5.73 Å². The molecule has 0 bridgehead atoms. The normalized spacial score (nSPS) is 19.3. The van der Waals surface area contributed by atoms with Gasteiger partial charge in [-0.25, -0.2) is 0 Å². The lowest BCUT2D eigenvalue weighted by Crippen LogP contribution is -2.32. The van der Waals surface area contributed by atoms with Gasteiger partial charge >= 0.3 is 0 Å². The number of anilines is 1. The highest BCUT2D eigenvalue weighted by Gasteiger charge is 2.22. The second kappa shape index (κ2) is 5.81. The maximum absolute atomic E-state index is 11.9. The van der Waals surface area contributed by atoms with Crippen LogP contribution >= 0.6 is 0 Å². The van der Waals surface area contributed by atoms with Crippen LogP contribution in [-0.2, 0) is 4.79 Å². The Morgan fingerprint density at radius 3 is 2.79 bits per heavy atom. The van der Waals surface area contributed by atoms with Gasteiger partial charge in [-0.1, -0.05) is 12.1 Å². The van der Waals surface area contributed by atoms with Crippen LogP contribution < -0.4 is 11.1 Å². The fourth-order valence-corrected chi connectivity index (χ4v) is 2.16. The van der Waals surface area contributed by atoms with E-state index < -0.39 is 5.91 Å². The van der Waals surface area contributed by atoms with Crippen molar-refractivity contribution < 1.29 is 14.7 Å². The average Bonchev–Trinajstić information content (AvgIpc) is 2.75. The van der Waals surface area contributed by atoms with Crippen LogP contribution in [0.25, 0.3) is 0 Å². The molecule has 0 saturated carbocycles. The zero-order valence-electron chi connectivity index (χ0n) is 10.5. The van der Waals surface area contributed by atoms with Gasteiger partial charge in [0.05, 0.1) is 23.9 Å². The number of benzene rings is 1. The minimum atomic E-state index is -0.576. The molecule has 1 atom stereocenters. The van der Waals surface area contributed by atoms with Crippen molar-refractivity contribution in [2.24, 2.45) is 5.73 Å². The zero-order chi connectivity index (χ0) is 13.8. The number of amides is 2. The van der Waals surface area contributed by atoms with E-state index >= 15 is 0 Å². The van der Waals surface area contributed by atoms with Gasteiger partial charge in [0.1, 0.15) is 0 Å². The van der Waals surface area contributed by atoms with E-state index in [0.29, 0.717) is 25.2 Å². The number of nitrogens with two attached hydrogens (primary N) is 1. The van der Waals surface area contributed by atoms with Gasteiger partial charge in [0.25, 0.3) is 5.91 Å². The van der Waals surface area contributed by atoms with Crippen LogP contribution in [0.3, 0.4) is 0 Å². The number of hydrogen-bond acceptors (Lipinski definition) is 4. The minimum Gasteiger partial charge on any atom is -0.392 e. The Bertz CT molecular complexity index is 490. The topological polar surface area (TPSA) is 95.7 Å². The second-order valence-corrected chi connectivity index (χ2v) is 4.64. The maximum Gasteiger partial charge on any atom is 0.250 e. The predicted molar refractivity (Wildman–Crippen MR) is 70.7 cm³/mol. The van der Waals surface area contributed by atoms with Crippen molar-refractivity contribution in [1.29, 1.82) is 0 Å². The molecule has 6 heteroatoms. The first-order valence-electron chi connectivity index (χ1n) is 6.15. The molecule has 4 N–H and O–H groups in total. The summed E-state index contributed by atoms with van der Waals surface area (Å²) in [6, 6.07) is 6.61. The van der Waals surface area contributed by atoms with Crippen molar-refractivity contribution >= 4 is 17.5 Å². The molecule has 1 aliphatic rings. The SMILES string of the molecule is NC(=O)c1ccccc1NC(=O)CN1CC[C@@H](O)C1. The molecule has 1 heterocycles. The van der Waals surface area contributed by atoms with Gasteiger partial charge in [-0.3, -0.25) is 14.5 Å². The Balaban J connectivity index is 1.97. The maximum atomic E-state index is 11.9. The standard InChI is InChI=1S/C13H17N3O3/c14-13(19)10-3-1-2-4-11(10)15-12(18)8-16-6-5-9(17)7-16/h1-4,9,17H,5-8H2,(H2,14,19)(H,15,18)/t9-/m1/s1. The smallest absolute Gasteiger partial charge is 0.250 e. The summed E-state index contributed by atoms with van der Waals surface area (Å²) in [5.41, 5.74) is 5.94. The first kappa shape index (κ1) is 13.5. The van der Waals surface area contributed by atoms with E-state index in [1.165, 1.54) is 0 Å². The molecule has 1 fully saturated rings. The van der Waals surface area contributed by atoms with Gasteiger partial charge in [0.2, 0.25) is 5.91 Å². The highest BCUT2D eigenvalue weighted by Crippen LogP contribution is 2.15. The van der Waals surface area contributed by atoms with Crippen LogP contribution in [0, 0.1) is 0 Å². The fourth-order valence-electron chi connectivity index (χ4n) is 2.16. The molecular weight excluding hydrogens is 246 g/mol. The predicted octanol–water partition coefficient (Wildman–Crippen LogP) is -0.209. The molecule has 1 aromatic carbocycles. The summed E-state index contributed by atoms with van der Waals surface area (Å²) in [4.78, 5) is 24.9. The van der Waals surface area contributed by atoms with Crippen LogP contribution in [0.5, 0.6) is 0 Å². The van der Waals surface area contributed by atoms with Gasteiger partial charge < -0.3 is 16.2 Å². The van der Waals surface area contributed by atoms with Crippen molar-refractivity contribution in [1.82, 2.24) is 4.90 Å². The number of aliphatic hydroxyl groups is 1. The first-order chi connectivity index (χ1) is 9.06. The van der Waals surface area contributed by atoms with E-state index in [-0.39, 0.29) is 24.1 Å². The Kier molecular flexibility index (Phi) is 4.13. The van der Waals surface area contributed by atoms with E-state index in [1.54, 1.807) is 24.3 Å². The number of aliphatic hydroxyl groups excluding tert-OH is 1. The van der Waals surface area contributed by atoms with Crippen LogP contribution in [0.2, 0.25) is 0 Å². The van der Waals surface area contributed by atoms with Gasteiger partial charge in [0, 0.05) is 13.1 Å². The molecule has 2 amide bonds. The summed E-state index contributed by atoms with van der Waals surface area (Å²) in [5.74, 6) is -0.796. The van der Waals surface area contributed by atoms with Crippen molar-refractivity contribution in [3.05, 3.63) is 29.8 Å². The Hall–Kier alpha value is -1.92. The summed E-state index contributed by atoms with van der Waals surface area (Å²) in [6.07, 6.45) is 0.330. The second-order valence-electron chi connectivity index (χ2n) is 4.64. The molecule has 0 unspecified atom stereocenters. The number of rotatable bonds is 4. The highest BCUT2D eigenvalue weighted by molar-refractivity contribution is 6.03. The number of carbonyl (C=O) groups excluding carboxylic acids is 2. The summed E-state index contributed by atoms with van der Waals surface area (Å²) in [5, 5.41) is 12.1. The third-order valence-corrected chi connectivity index (χ3v) is 3.08. The fraction of sp³-hybridized carbons (Fsp3) is 0.385. The van der Waals surface area contributed by atoms with E-state index in [1.807, 2.05) is 4.90 Å². The molecule has 0 aromatic heterocycles. The molecule has 1 aliphatic heterocycles. The molecule has 2 rings (SSSR count). The number of β-amino-alcohol motifs (C(OH)–C–C–N with tert-alkyl or cyclic N) is 1. The number of nitrogens with zero attached hydrogens (tertiary/aromatic N) is 1. The number of carbonyl (C=O) groups is 2. The van der Waals surface area contributed by atoms with Gasteiger partial charge in [-0.2, -0.15) is 0 Å². The highest BCUT2D eigenvalue weighted by atomic mass is 16.3. The van der Waals surface area contributed by atoms with Crippen LogP contribution in [-0.4, -0.2) is 47.6 Å². The molecule has 6 nitrogen and oxygen atoms in total. The van der Waals surface area contributed by atoms with Crippen LogP contribution in [0.4, 0.5) is 5.69 Å². The molecule has 1 saturated heterocycles. The first-order valence-corrected chi connectivity index (χ1v) is 6.15. The van der Waals surface area contributed by atoms with Crippen molar-refractivity contribution in [3.63, 3.8) is 0 Å². The molecule has 1 aromatic rings. The van der Waals surface area contributed by atoms with Crippen LogP contribution in [0.1, 0.15) is 16.8 Å². The number of primary amides is 1. The molecule has 0 spiro atoms. The van der Waals surface area contributed by atoms with Crippen molar-refractivity contribution in [2.75, 3.05) is 25.0 Å². The molecule has 19 heavy (non-hydrogen) atoms. The largest absolute Gasteiger partial charge is 0.392 e. The number of likely N-dealkylation sites (tertiary alicyclic amines) is 1. The van der Waals surface area contributed by atoms with E-state index in [0.717, 1.165) is 0 Å². The minimum absolute atomic E-state index is 0.199. The molecule has 0 aliphatic carbocycles. The lowest BCUT2D eigenvalue weighted by atomic mass is 10.1. The zero-order valence-corrected chi connectivity index (χ0v) is 10.5. The van der Waals surface area contributed by atoms with Crippen molar-refractivity contribution in [2.45, 2.75) is 12.5 Å². The summed E-state index contributed by atoms with van der Waals surface area (Å²) >= 11 is 0. The quantitative estimate of drug-likeness (QED) is 0.700. The van der Waals surface area contributed by atoms with Crippen LogP contribution in [0.15, 0.2) is 24.3 Å². The number of hydrogen-bond donors (Lipinski definition) is 3. The van der Waals surface area contributed by atoms with Gasteiger partial charge in [-0.05, 0) is 18.6 Å². The van der Waals surface area contributed by atoms with Gasteiger partial charge in [0.15, 0.2) is 0 Å². The Morgan fingerprint density at radius 2 is 2.16 bits per heavy atom. The summed E-state index contributed by atoms with van der Waals surface area (Å²) < 4.78 is 0. The number of nitrogens with one attached hydrogen (secondary N) is 1. The van der Waals surface area contributed by atoms with E-state index in [9.17, 15) is 14.7 Å². The van der Waals surface area contributed by atoms with Gasteiger partial charge in [-0.15, -0.1) is 0 Å². The molecule has 102 valence electrons. The van der Waals surface area contributed by atoms with Crippen molar-refractivity contribution in [3.8, 4) is 0 Å². The third kappa shape index (κ3) is 3.52. The summed E-state index contributed by atoms with van der Waals surface area (Å²) in [6.45, 7) is 1.40. The Morgan fingerprint density at radius 1 is 1.42 bits per heavy atom. The monoisotopic (exact) mass is 263 g/mol. The lowest BCUT2D eigenvalue weighted by Gasteiger charge is -2.15. The summed E-state index contributed by atoms with van der Waals surface area (Å²) in [7, 11) is 0. The molecular formula is C13H17N3O3.